The lowest BCUT2D eigenvalue weighted by molar-refractivity contribution is 0.377. The zero-order chi connectivity index (χ0) is 9.97. The molecule has 1 N–H and O–H groups in total. The summed E-state index contributed by atoms with van der Waals surface area (Å²) in [6.45, 7) is 5.08. The summed E-state index contributed by atoms with van der Waals surface area (Å²) in [6.07, 6.45) is 4.02. The first-order valence-electron chi connectivity index (χ1n) is 5.41. The van der Waals surface area contributed by atoms with E-state index in [1.54, 1.807) is 0 Å². The van der Waals surface area contributed by atoms with Gasteiger partial charge in [-0.25, -0.2) is 0 Å². The number of hydrogen-bond donors (Lipinski definition) is 1. The summed E-state index contributed by atoms with van der Waals surface area (Å²) in [5.41, 5.74) is 1.02. The van der Waals surface area contributed by atoms with Gasteiger partial charge in [-0.15, -0.1) is 0 Å². The zero-order valence-corrected chi connectivity index (χ0v) is 8.92. The van der Waals surface area contributed by atoms with Crippen molar-refractivity contribution in [2.24, 2.45) is 5.92 Å². The van der Waals surface area contributed by atoms with Crippen LogP contribution in [0.2, 0.25) is 0 Å². The average molecular weight is 194 g/mol. The normalized spacial score (nSPS) is 27.0. The van der Waals surface area contributed by atoms with Crippen molar-refractivity contribution in [2.75, 3.05) is 0 Å². The summed E-state index contributed by atoms with van der Waals surface area (Å²) in [4.78, 5) is 0. The van der Waals surface area contributed by atoms with Crippen LogP contribution in [0, 0.1) is 12.8 Å². The molecule has 78 valence electrons. The number of nitrogens with zero attached hydrogens (tertiary/aromatic N) is 1. The second-order valence-electron chi connectivity index (χ2n) is 4.32. The highest BCUT2D eigenvalue weighted by molar-refractivity contribution is 5.03. The van der Waals surface area contributed by atoms with Crippen molar-refractivity contribution in [2.45, 2.75) is 45.7 Å². The number of aryl methyl sites for hydroxylation is 1. The smallest absolute Gasteiger partial charge is 0.133 e. The van der Waals surface area contributed by atoms with E-state index in [0.717, 1.165) is 23.9 Å². The SMILES string of the molecule is Cc1cc(CNC2CCCC2C)no1. The van der Waals surface area contributed by atoms with Gasteiger partial charge in [-0.3, -0.25) is 0 Å². The summed E-state index contributed by atoms with van der Waals surface area (Å²) < 4.78 is 5.02. The molecule has 14 heavy (non-hydrogen) atoms. The maximum absolute atomic E-state index is 5.02. The van der Waals surface area contributed by atoms with E-state index in [0.29, 0.717) is 6.04 Å². The van der Waals surface area contributed by atoms with Gasteiger partial charge in [0.15, 0.2) is 0 Å². The quantitative estimate of drug-likeness (QED) is 0.802. The molecule has 2 atom stereocenters. The van der Waals surface area contributed by atoms with Gasteiger partial charge < -0.3 is 9.84 Å². The molecule has 2 unspecified atom stereocenters. The summed E-state index contributed by atoms with van der Waals surface area (Å²) in [7, 11) is 0. The molecule has 3 nitrogen and oxygen atoms in total. The van der Waals surface area contributed by atoms with Crippen LogP contribution in [0.25, 0.3) is 0 Å². The molecular formula is C11H18N2O. The van der Waals surface area contributed by atoms with Gasteiger partial charge in [0.25, 0.3) is 0 Å². The van der Waals surface area contributed by atoms with E-state index in [2.05, 4.69) is 17.4 Å². The predicted octanol–water partition coefficient (Wildman–Crippen LogP) is 2.26. The van der Waals surface area contributed by atoms with E-state index in [-0.39, 0.29) is 0 Å². The molecule has 1 saturated carbocycles. The molecule has 0 spiro atoms. The highest BCUT2D eigenvalue weighted by Gasteiger charge is 2.22. The van der Waals surface area contributed by atoms with Crippen molar-refractivity contribution >= 4 is 0 Å². The largest absolute Gasteiger partial charge is 0.361 e. The van der Waals surface area contributed by atoms with E-state index < -0.39 is 0 Å². The Morgan fingerprint density at radius 1 is 1.57 bits per heavy atom. The van der Waals surface area contributed by atoms with Gasteiger partial charge in [0, 0.05) is 18.7 Å². The van der Waals surface area contributed by atoms with Crippen molar-refractivity contribution in [3.8, 4) is 0 Å². The second kappa shape index (κ2) is 4.13. The van der Waals surface area contributed by atoms with Crippen molar-refractivity contribution < 1.29 is 4.52 Å². The van der Waals surface area contributed by atoms with Crippen molar-refractivity contribution in [3.05, 3.63) is 17.5 Å². The van der Waals surface area contributed by atoms with Gasteiger partial charge in [-0.1, -0.05) is 18.5 Å². The summed E-state index contributed by atoms with van der Waals surface area (Å²) >= 11 is 0. The van der Waals surface area contributed by atoms with Crippen LogP contribution in [-0.2, 0) is 6.54 Å². The molecular weight excluding hydrogens is 176 g/mol. The Balaban J connectivity index is 1.82. The third-order valence-electron chi connectivity index (χ3n) is 3.08. The van der Waals surface area contributed by atoms with Crippen LogP contribution in [-0.4, -0.2) is 11.2 Å². The minimum Gasteiger partial charge on any atom is -0.361 e. The average Bonchev–Trinajstić information content (AvgIpc) is 2.72. The molecule has 0 amide bonds. The first-order valence-corrected chi connectivity index (χ1v) is 5.41. The zero-order valence-electron chi connectivity index (χ0n) is 8.92. The maximum atomic E-state index is 5.02. The summed E-state index contributed by atoms with van der Waals surface area (Å²) in [5.74, 6) is 1.70. The third-order valence-corrected chi connectivity index (χ3v) is 3.08. The molecule has 0 aliphatic heterocycles. The number of hydrogen-bond acceptors (Lipinski definition) is 3. The van der Waals surface area contributed by atoms with Crippen molar-refractivity contribution in [1.82, 2.24) is 10.5 Å². The fraction of sp³-hybridized carbons (Fsp3) is 0.727. The molecule has 1 aliphatic carbocycles. The van der Waals surface area contributed by atoms with Crippen LogP contribution in [0.5, 0.6) is 0 Å². The van der Waals surface area contributed by atoms with Crippen LogP contribution < -0.4 is 5.32 Å². The van der Waals surface area contributed by atoms with Gasteiger partial charge >= 0.3 is 0 Å². The second-order valence-corrected chi connectivity index (χ2v) is 4.32. The Kier molecular flexibility index (Phi) is 2.87. The van der Waals surface area contributed by atoms with E-state index in [9.17, 15) is 0 Å². The predicted molar refractivity (Wildman–Crippen MR) is 54.9 cm³/mol. The first kappa shape index (κ1) is 9.71. The Morgan fingerprint density at radius 3 is 3.00 bits per heavy atom. The molecule has 2 rings (SSSR count). The van der Waals surface area contributed by atoms with Gasteiger partial charge in [-0.2, -0.15) is 0 Å². The topological polar surface area (TPSA) is 38.1 Å². The first-order chi connectivity index (χ1) is 6.75. The van der Waals surface area contributed by atoms with E-state index in [1.807, 2.05) is 13.0 Å². The fourth-order valence-corrected chi connectivity index (χ4v) is 2.19. The Morgan fingerprint density at radius 2 is 2.43 bits per heavy atom. The lowest BCUT2D eigenvalue weighted by Gasteiger charge is -2.15. The molecule has 1 aromatic rings. The Hall–Kier alpha value is -0.830. The van der Waals surface area contributed by atoms with Gasteiger partial charge in [-0.05, 0) is 25.7 Å². The molecule has 3 heteroatoms. The molecule has 1 heterocycles. The standard InChI is InChI=1S/C11H18N2O/c1-8-4-3-5-11(8)12-7-10-6-9(2)14-13-10/h6,8,11-12H,3-5,7H2,1-2H3. The van der Waals surface area contributed by atoms with Gasteiger partial charge in [0.1, 0.15) is 5.76 Å². The maximum Gasteiger partial charge on any atom is 0.133 e. The van der Waals surface area contributed by atoms with E-state index >= 15 is 0 Å². The lowest BCUT2D eigenvalue weighted by Crippen LogP contribution is -2.30. The van der Waals surface area contributed by atoms with Crippen LogP contribution in [0.4, 0.5) is 0 Å². The third kappa shape index (κ3) is 2.15. The Bertz CT molecular complexity index is 295. The Labute approximate surface area is 84.9 Å². The highest BCUT2D eigenvalue weighted by Crippen LogP contribution is 2.24. The van der Waals surface area contributed by atoms with Crippen molar-refractivity contribution in [3.63, 3.8) is 0 Å². The molecule has 0 saturated heterocycles. The molecule has 1 aromatic heterocycles. The monoisotopic (exact) mass is 194 g/mol. The number of rotatable bonds is 3. The van der Waals surface area contributed by atoms with Gasteiger partial charge in [0.2, 0.25) is 0 Å². The van der Waals surface area contributed by atoms with Gasteiger partial charge in [0.05, 0.1) is 5.69 Å². The highest BCUT2D eigenvalue weighted by atomic mass is 16.5. The van der Waals surface area contributed by atoms with E-state index in [4.69, 9.17) is 4.52 Å². The van der Waals surface area contributed by atoms with Crippen molar-refractivity contribution in [1.29, 1.82) is 0 Å². The van der Waals surface area contributed by atoms with E-state index in [1.165, 1.54) is 19.3 Å². The molecule has 1 aliphatic rings. The summed E-state index contributed by atoms with van der Waals surface area (Å²) in [6, 6.07) is 2.67. The number of aromatic nitrogens is 1. The fourth-order valence-electron chi connectivity index (χ4n) is 2.19. The van der Waals surface area contributed by atoms with Crippen LogP contribution in [0.3, 0.4) is 0 Å². The molecule has 0 bridgehead atoms. The molecule has 0 radical (unpaired) electrons. The van der Waals surface area contributed by atoms with Crippen LogP contribution in [0.1, 0.15) is 37.6 Å². The van der Waals surface area contributed by atoms with Crippen LogP contribution in [0.15, 0.2) is 10.6 Å². The lowest BCUT2D eigenvalue weighted by atomic mass is 10.1. The number of nitrogens with one attached hydrogen (secondary N) is 1. The van der Waals surface area contributed by atoms with Crippen LogP contribution >= 0.6 is 0 Å². The summed E-state index contributed by atoms with van der Waals surface area (Å²) in [5, 5.41) is 7.50. The minimum absolute atomic E-state index is 0.673. The molecule has 0 aromatic carbocycles. The molecule has 1 fully saturated rings. The minimum atomic E-state index is 0.673.